The number of ether oxygens (including phenoxy) is 2. The minimum atomic E-state index is -1.67. The van der Waals surface area contributed by atoms with Crippen LogP contribution in [0.1, 0.15) is 39.5 Å². The average molecular weight is 320 g/mol. The number of rotatable bonds is 6. The fourth-order valence-electron chi connectivity index (χ4n) is 2.29. The summed E-state index contributed by atoms with van der Waals surface area (Å²) in [6, 6.07) is 0. The zero-order valence-corrected chi connectivity index (χ0v) is 12.7. The molecule has 1 rings (SSSR count). The quantitative estimate of drug-likeness (QED) is 0.452. The predicted molar refractivity (Wildman–Crippen MR) is 73.6 cm³/mol. The van der Waals surface area contributed by atoms with Crippen molar-refractivity contribution in [2.24, 2.45) is 0 Å². The van der Waals surface area contributed by atoms with Gasteiger partial charge in [-0.1, -0.05) is 13.8 Å². The van der Waals surface area contributed by atoms with Crippen LogP contribution < -0.4 is 0 Å². The highest BCUT2D eigenvalue weighted by Gasteiger charge is 2.52. The lowest BCUT2D eigenvalue weighted by atomic mass is 9.84. The number of hydrogen-bond donors (Lipinski definition) is 4. The lowest BCUT2D eigenvalue weighted by Gasteiger charge is -2.42. The summed E-state index contributed by atoms with van der Waals surface area (Å²) >= 11 is 0. The van der Waals surface area contributed by atoms with Gasteiger partial charge in [0.1, 0.15) is 24.4 Å². The maximum absolute atomic E-state index is 11.5. The summed E-state index contributed by atoms with van der Waals surface area (Å²) in [5, 5.41) is 39.9. The molecule has 1 aliphatic carbocycles. The van der Waals surface area contributed by atoms with Crippen molar-refractivity contribution in [2.45, 2.75) is 76.2 Å². The molecule has 0 aromatic heterocycles. The standard InChI is InChI=1S/C14H24O8/c1-3-5-7(15)21-13-9(17)11(19)14(12(20)10(13)18)22-8(16)6-4-2/h9-14,17-20H,3-6H2,1-2H3/t9-,10-,11-,12+,13+,14+/m1/s1. The monoisotopic (exact) mass is 320 g/mol. The van der Waals surface area contributed by atoms with Gasteiger partial charge in [-0.05, 0) is 12.8 Å². The summed E-state index contributed by atoms with van der Waals surface area (Å²) in [7, 11) is 0. The SMILES string of the molecule is CCCC(=O)O[C@H]1[C@H](O)[C@@H](O)[C@H](OC(=O)CCC)[C@@H](O)[C@H]1O. The molecule has 0 amide bonds. The van der Waals surface area contributed by atoms with Crippen LogP contribution in [0.5, 0.6) is 0 Å². The first-order chi connectivity index (χ1) is 10.3. The molecule has 1 fully saturated rings. The van der Waals surface area contributed by atoms with Crippen LogP contribution in [-0.2, 0) is 19.1 Å². The highest BCUT2D eigenvalue weighted by molar-refractivity contribution is 5.70. The molecule has 0 heterocycles. The molecule has 128 valence electrons. The maximum Gasteiger partial charge on any atom is 0.306 e. The predicted octanol–water partition coefficient (Wildman–Crippen LogP) is -1.13. The third kappa shape index (κ3) is 4.39. The molecule has 0 saturated heterocycles. The van der Waals surface area contributed by atoms with Crippen molar-refractivity contribution in [2.75, 3.05) is 0 Å². The Balaban J connectivity index is 2.78. The van der Waals surface area contributed by atoms with Crippen LogP contribution in [0, 0.1) is 0 Å². The van der Waals surface area contributed by atoms with E-state index in [4.69, 9.17) is 9.47 Å². The van der Waals surface area contributed by atoms with E-state index in [1.807, 2.05) is 0 Å². The van der Waals surface area contributed by atoms with E-state index in [1.54, 1.807) is 13.8 Å². The van der Waals surface area contributed by atoms with Crippen molar-refractivity contribution in [1.82, 2.24) is 0 Å². The fraction of sp³-hybridized carbons (Fsp3) is 0.857. The largest absolute Gasteiger partial charge is 0.457 e. The van der Waals surface area contributed by atoms with E-state index in [9.17, 15) is 30.0 Å². The van der Waals surface area contributed by atoms with Gasteiger partial charge in [-0.15, -0.1) is 0 Å². The summed E-state index contributed by atoms with van der Waals surface area (Å²) in [5.41, 5.74) is 0. The van der Waals surface area contributed by atoms with Gasteiger partial charge in [-0.3, -0.25) is 9.59 Å². The van der Waals surface area contributed by atoms with Crippen molar-refractivity contribution in [3.8, 4) is 0 Å². The van der Waals surface area contributed by atoms with Gasteiger partial charge in [0.05, 0.1) is 0 Å². The normalized spacial score (nSPS) is 35.0. The minimum absolute atomic E-state index is 0.0804. The Morgan fingerprint density at radius 3 is 1.23 bits per heavy atom. The highest BCUT2D eigenvalue weighted by atomic mass is 16.6. The molecule has 0 unspecified atom stereocenters. The van der Waals surface area contributed by atoms with Crippen molar-refractivity contribution in [3.05, 3.63) is 0 Å². The number of aliphatic hydroxyl groups is 4. The lowest BCUT2D eigenvalue weighted by Crippen LogP contribution is -2.65. The van der Waals surface area contributed by atoms with E-state index in [0.717, 1.165) is 0 Å². The van der Waals surface area contributed by atoms with E-state index >= 15 is 0 Å². The van der Waals surface area contributed by atoms with E-state index in [2.05, 4.69) is 0 Å². The maximum atomic E-state index is 11.5. The van der Waals surface area contributed by atoms with Crippen LogP contribution in [0.3, 0.4) is 0 Å². The molecule has 0 spiro atoms. The molecule has 1 aliphatic rings. The topological polar surface area (TPSA) is 134 Å². The molecule has 6 atom stereocenters. The third-order valence-corrected chi connectivity index (χ3v) is 3.49. The Hall–Kier alpha value is -1.22. The first-order valence-electron chi connectivity index (χ1n) is 7.44. The summed E-state index contributed by atoms with van der Waals surface area (Å²) in [6.45, 7) is 3.50. The molecular weight excluding hydrogens is 296 g/mol. The van der Waals surface area contributed by atoms with Gasteiger partial charge in [0, 0.05) is 12.8 Å². The fourth-order valence-corrected chi connectivity index (χ4v) is 2.29. The molecule has 8 nitrogen and oxygen atoms in total. The molecular formula is C14H24O8. The number of esters is 2. The zero-order chi connectivity index (χ0) is 16.9. The van der Waals surface area contributed by atoms with E-state index < -0.39 is 48.6 Å². The molecule has 0 aromatic carbocycles. The van der Waals surface area contributed by atoms with Gasteiger partial charge in [0.15, 0.2) is 12.2 Å². The molecule has 4 N–H and O–H groups in total. The Kier molecular flexibility index (Phi) is 7.21. The van der Waals surface area contributed by atoms with Gasteiger partial charge in [-0.25, -0.2) is 0 Å². The summed E-state index contributed by atoms with van der Waals surface area (Å²) < 4.78 is 9.80. The Labute approximate surface area is 128 Å². The van der Waals surface area contributed by atoms with Gasteiger partial charge in [0.25, 0.3) is 0 Å². The van der Waals surface area contributed by atoms with Crippen LogP contribution in [0.2, 0.25) is 0 Å². The molecule has 8 heteroatoms. The van der Waals surface area contributed by atoms with Crippen LogP contribution in [0.15, 0.2) is 0 Å². The van der Waals surface area contributed by atoms with Gasteiger partial charge < -0.3 is 29.9 Å². The number of hydrogen-bond acceptors (Lipinski definition) is 8. The first kappa shape index (κ1) is 18.8. The van der Waals surface area contributed by atoms with Crippen LogP contribution in [0.4, 0.5) is 0 Å². The van der Waals surface area contributed by atoms with Crippen LogP contribution in [-0.4, -0.2) is 69.0 Å². The zero-order valence-electron chi connectivity index (χ0n) is 12.7. The second kappa shape index (κ2) is 8.42. The number of aliphatic hydroxyl groups excluding tert-OH is 4. The van der Waals surface area contributed by atoms with Crippen molar-refractivity contribution < 1.29 is 39.5 Å². The highest BCUT2D eigenvalue weighted by Crippen LogP contribution is 2.26. The van der Waals surface area contributed by atoms with Crippen molar-refractivity contribution in [3.63, 3.8) is 0 Å². The molecule has 0 aliphatic heterocycles. The molecule has 1 saturated carbocycles. The molecule has 0 aromatic rings. The minimum Gasteiger partial charge on any atom is -0.457 e. The number of carbonyl (C=O) groups excluding carboxylic acids is 2. The summed E-state index contributed by atoms with van der Waals surface area (Å²) in [5.74, 6) is -1.32. The Bertz CT molecular complexity index is 333. The van der Waals surface area contributed by atoms with Crippen LogP contribution >= 0.6 is 0 Å². The molecule has 22 heavy (non-hydrogen) atoms. The Morgan fingerprint density at radius 1 is 0.727 bits per heavy atom. The molecule has 0 bridgehead atoms. The van der Waals surface area contributed by atoms with Gasteiger partial charge >= 0.3 is 11.9 Å². The molecule has 0 radical (unpaired) electrons. The van der Waals surface area contributed by atoms with E-state index in [0.29, 0.717) is 12.8 Å². The van der Waals surface area contributed by atoms with Gasteiger partial charge in [-0.2, -0.15) is 0 Å². The third-order valence-electron chi connectivity index (χ3n) is 3.49. The smallest absolute Gasteiger partial charge is 0.306 e. The van der Waals surface area contributed by atoms with E-state index in [1.165, 1.54) is 0 Å². The average Bonchev–Trinajstić information content (AvgIpc) is 2.47. The van der Waals surface area contributed by atoms with Gasteiger partial charge in [0.2, 0.25) is 0 Å². The number of carbonyl (C=O) groups is 2. The summed E-state index contributed by atoms with van der Waals surface area (Å²) in [4.78, 5) is 22.9. The Morgan fingerprint density at radius 2 is 1.00 bits per heavy atom. The van der Waals surface area contributed by atoms with Crippen LogP contribution in [0.25, 0.3) is 0 Å². The lowest BCUT2D eigenvalue weighted by molar-refractivity contribution is -0.241. The second-order valence-electron chi connectivity index (χ2n) is 5.37. The first-order valence-corrected chi connectivity index (χ1v) is 7.44. The summed E-state index contributed by atoms with van der Waals surface area (Å²) in [6.07, 6.45) is -8.45. The van der Waals surface area contributed by atoms with E-state index in [-0.39, 0.29) is 12.8 Å². The van der Waals surface area contributed by atoms with Crippen molar-refractivity contribution in [1.29, 1.82) is 0 Å². The second-order valence-corrected chi connectivity index (χ2v) is 5.37. The van der Waals surface area contributed by atoms with Crippen molar-refractivity contribution >= 4 is 11.9 Å².